The Bertz CT molecular complexity index is 1540. The minimum atomic E-state index is -0.997. The first-order chi connectivity index (χ1) is 24.0. The number of benzene rings is 2. The van der Waals surface area contributed by atoms with E-state index in [2.05, 4.69) is 22.2 Å². The predicted molar refractivity (Wildman–Crippen MR) is 197 cm³/mol. The Morgan fingerprint density at radius 1 is 0.843 bits per heavy atom. The first kappa shape index (κ1) is 38.1. The monoisotopic (exact) mass is 704 g/mol. The van der Waals surface area contributed by atoms with Crippen LogP contribution in [0.2, 0.25) is 0 Å². The number of rotatable bonds is 7. The Morgan fingerprint density at radius 3 is 2.12 bits per heavy atom. The normalized spacial score (nSPS) is 20.1. The highest BCUT2D eigenvalue weighted by Gasteiger charge is 2.36. The number of esters is 1. The lowest BCUT2D eigenvalue weighted by Gasteiger charge is -2.42. The van der Waals surface area contributed by atoms with Crippen LogP contribution in [0.15, 0.2) is 36.4 Å². The molecule has 1 N–H and O–H groups in total. The summed E-state index contributed by atoms with van der Waals surface area (Å²) in [6.07, 6.45) is 3.02. The summed E-state index contributed by atoms with van der Waals surface area (Å²) in [5, 5.41) is 3.05. The van der Waals surface area contributed by atoms with Crippen LogP contribution in [0.3, 0.4) is 0 Å². The van der Waals surface area contributed by atoms with Gasteiger partial charge in [-0.1, -0.05) is 37.8 Å². The number of amides is 4. The minimum absolute atomic E-state index is 0. The van der Waals surface area contributed by atoms with Crippen LogP contribution in [-0.2, 0) is 27.2 Å². The molecule has 6 rings (SSSR count). The summed E-state index contributed by atoms with van der Waals surface area (Å²) < 4.78 is 11.5. The Hall–Kier alpha value is -4.16. The molecule has 12 heteroatoms. The van der Waals surface area contributed by atoms with E-state index in [1.54, 1.807) is 4.90 Å². The molecule has 4 heterocycles. The smallest absolute Gasteiger partial charge is 0.410 e. The third-order valence-electron chi connectivity index (χ3n) is 10.8. The van der Waals surface area contributed by atoms with Gasteiger partial charge in [-0.15, -0.1) is 0 Å². The number of fused-ring (bicyclic) bond motifs is 1. The van der Waals surface area contributed by atoms with Crippen LogP contribution in [0.1, 0.15) is 62.3 Å². The maximum atomic E-state index is 14.1. The lowest BCUT2D eigenvalue weighted by molar-refractivity contribution is -0.143. The molecule has 2 aromatic carbocycles. The Balaban J connectivity index is 0.00000504. The number of hydrogen-bond acceptors (Lipinski definition) is 8. The van der Waals surface area contributed by atoms with Crippen LogP contribution in [-0.4, -0.2) is 133 Å². The van der Waals surface area contributed by atoms with Gasteiger partial charge in [-0.2, -0.15) is 0 Å². The summed E-state index contributed by atoms with van der Waals surface area (Å²) in [6, 6.07) is 12.1. The number of carbonyl (C=O) groups is 4. The second-order valence-corrected chi connectivity index (χ2v) is 14.4. The maximum Gasteiger partial charge on any atom is 0.410 e. The van der Waals surface area contributed by atoms with Crippen LogP contribution in [0.25, 0.3) is 0 Å². The minimum Gasteiger partial charge on any atom is -0.436 e. The average Bonchev–Trinajstić information content (AvgIpc) is 3.27. The van der Waals surface area contributed by atoms with E-state index >= 15 is 0 Å². The molecule has 12 nitrogen and oxygen atoms in total. The molecule has 0 aliphatic carbocycles. The first-order valence-corrected chi connectivity index (χ1v) is 18.2. The zero-order valence-electron chi connectivity index (χ0n) is 30.0. The van der Waals surface area contributed by atoms with Crippen molar-refractivity contribution in [1.29, 1.82) is 0 Å². The molecule has 4 aliphatic rings. The molecular formula is C39H56N6O6. The summed E-state index contributed by atoms with van der Waals surface area (Å²) in [4.78, 5) is 62.9. The molecule has 278 valence electrons. The van der Waals surface area contributed by atoms with Gasteiger partial charge in [0, 0.05) is 76.9 Å². The van der Waals surface area contributed by atoms with Crippen LogP contribution < -0.4 is 10.1 Å². The van der Waals surface area contributed by atoms with Crippen molar-refractivity contribution in [2.24, 2.45) is 0 Å². The van der Waals surface area contributed by atoms with E-state index in [-0.39, 0.29) is 31.8 Å². The number of nitrogens with one attached hydrogen (secondary N) is 1. The van der Waals surface area contributed by atoms with Crippen LogP contribution in [0, 0.1) is 13.8 Å². The average molecular weight is 705 g/mol. The fourth-order valence-electron chi connectivity index (χ4n) is 8.02. The van der Waals surface area contributed by atoms with Gasteiger partial charge < -0.3 is 34.4 Å². The molecule has 4 amide bonds. The highest BCUT2D eigenvalue weighted by Crippen LogP contribution is 2.28. The lowest BCUT2D eigenvalue weighted by Crippen LogP contribution is -2.56. The molecule has 2 aromatic rings. The van der Waals surface area contributed by atoms with E-state index in [1.165, 1.54) is 6.92 Å². The van der Waals surface area contributed by atoms with Gasteiger partial charge in [0.15, 0.2) is 6.10 Å². The number of piperidine rings is 2. The summed E-state index contributed by atoms with van der Waals surface area (Å²) in [6.45, 7) is 11.6. The molecule has 51 heavy (non-hydrogen) atoms. The Kier molecular flexibility index (Phi) is 12.6. The number of hydrogen-bond donors (Lipinski definition) is 1. The van der Waals surface area contributed by atoms with Gasteiger partial charge in [0.25, 0.3) is 5.91 Å². The molecular weight excluding hydrogens is 648 g/mol. The quantitative estimate of drug-likeness (QED) is 0.326. The number of piperazine rings is 1. The second kappa shape index (κ2) is 16.9. The van der Waals surface area contributed by atoms with E-state index in [4.69, 9.17) is 9.47 Å². The maximum absolute atomic E-state index is 14.1. The number of urea groups is 1. The Morgan fingerprint density at radius 2 is 1.47 bits per heavy atom. The molecule has 4 aliphatic heterocycles. The van der Waals surface area contributed by atoms with Gasteiger partial charge in [0.1, 0.15) is 5.75 Å². The number of carbonyl (C=O) groups excluding carboxylic acids is 4. The second-order valence-electron chi connectivity index (χ2n) is 14.4. The standard InChI is InChI=1S/C38H52N6O6.CH4/c1-26-23-29(24-27(2)35(26)49-28(3)45)25-34(36(46)42-21-19-41(20-22-42)31-10-14-40(4)15-11-31)50-38(48)43-16-12-32(13-17-43)44-18-9-30-7-5-6-8-33(30)39-37(44)47;/h5-8,23-24,31-32,34H,9-22,25H2,1-4H3,(H,39,47);1H4/t34-;/m1./s1. The summed E-state index contributed by atoms with van der Waals surface area (Å²) >= 11 is 0. The van der Waals surface area contributed by atoms with Gasteiger partial charge in [-0.05, 0) is 94.4 Å². The largest absolute Gasteiger partial charge is 0.436 e. The fourth-order valence-corrected chi connectivity index (χ4v) is 8.02. The summed E-state index contributed by atoms with van der Waals surface area (Å²) in [5.74, 6) is -0.0666. The van der Waals surface area contributed by atoms with Crippen LogP contribution >= 0.6 is 0 Å². The number of para-hydroxylation sites is 1. The number of aryl methyl sites for hydroxylation is 2. The fraction of sp³-hybridized carbons (Fsp3) is 0.590. The summed E-state index contributed by atoms with van der Waals surface area (Å²) in [5.41, 5.74) is 4.37. The van der Waals surface area contributed by atoms with E-state index in [0.717, 1.165) is 73.4 Å². The van der Waals surface area contributed by atoms with E-state index in [0.29, 0.717) is 57.4 Å². The van der Waals surface area contributed by atoms with Gasteiger partial charge in [0.2, 0.25) is 0 Å². The predicted octanol–water partition coefficient (Wildman–Crippen LogP) is 4.71. The van der Waals surface area contributed by atoms with Crippen molar-refractivity contribution in [1.82, 2.24) is 24.5 Å². The van der Waals surface area contributed by atoms with Gasteiger partial charge >= 0.3 is 18.1 Å². The van der Waals surface area contributed by atoms with Crippen molar-refractivity contribution in [3.05, 3.63) is 58.7 Å². The highest BCUT2D eigenvalue weighted by molar-refractivity contribution is 5.91. The van der Waals surface area contributed by atoms with Crippen molar-refractivity contribution in [3.63, 3.8) is 0 Å². The number of ether oxygens (including phenoxy) is 2. The zero-order chi connectivity index (χ0) is 35.4. The van der Waals surface area contributed by atoms with E-state index in [1.807, 2.05) is 60.0 Å². The molecule has 1 atom stereocenters. The molecule has 0 spiro atoms. The highest BCUT2D eigenvalue weighted by atomic mass is 16.6. The van der Waals surface area contributed by atoms with Crippen molar-refractivity contribution >= 4 is 29.7 Å². The first-order valence-electron chi connectivity index (χ1n) is 18.2. The molecule has 3 saturated heterocycles. The van der Waals surface area contributed by atoms with Crippen molar-refractivity contribution in [2.45, 2.75) is 84.9 Å². The SMILES string of the molecule is C.CC(=O)Oc1c(C)cc(C[C@@H](OC(=O)N2CCC(N3CCc4ccccc4NC3=O)CC2)C(=O)N2CCN(C3CCN(C)CC3)CC2)cc1C. The molecule has 0 saturated carbocycles. The third kappa shape index (κ3) is 9.20. The van der Waals surface area contributed by atoms with Crippen LogP contribution in [0.4, 0.5) is 15.3 Å². The van der Waals surface area contributed by atoms with Gasteiger partial charge in [-0.3, -0.25) is 14.5 Å². The van der Waals surface area contributed by atoms with Crippen molar-refractivity contribution in [2.75, 3.05) is 71.3 Å². The number of likely N-dealkylation sites (tertiary alicyclic amines) is 2. The molecule has 0 aromatic heterocycles. The molecule has 0 radical (unpaired) electrons. The van der Waals surface area contributed by atoms with Crippen molar-refractivity contribution in [3.8, 4) is 5.75 Å². The molecule has 0 bridgehead atoms. The van der Waals surface area contributed by atoms with E-state index < -0.39 is 18.2 Å². The molecule has 0 unspecified atom stereocenters. The zero-order valence-corrected chi connectivity index (χ0v) is 30.0. The Labute approximate surface area is 303 Å². The van der Waals surface area contributed by atoms with Gasteiger partial charge in [0.05, 0.1) is 0 Å². The molecule has 3 fully saturated rings. The van der Waals surface area contributed by atoms with Gasteiger partial charge in [-0.25, -0.2) is 9.59 Å². The topological polar surface area (TPSA) is 115 Å². The number of nitrogens with zero attached hydrogens (tertiary/aromatic N) is 5. The number of anilines is 1. The van der Waals surface area contributed by atoms with E-state index in [9.17, 15) is 19.2 Å². The summed E-state index contributed by atoms with van der Waals surface area (Å²) in [7, 11) is 2.16. The third-order valence-corrected chi connectivity index (χ3v) is 10.8. The van der Waals surface area contributed by atoms with Crippen molar-refractivity contribution < 1.29 is 28.7 Å². The lowest BCUT2D eigenvalue weighted by atomic mass is 10.00. The van der Waals surface area contributed by atoms with Crippen LogP contribution in [0.5, 0.6) is 5.75 Å².